The summed E-state index contributed by atoms with van der Waals surface area (Å²) in [6, 6.07) is 9.39. The molecule has 5 heterocycles. The molecule has 12 heteroatoms. The molecule has 0 radical (unpaired) electrons. The van der Waals surface area contributed by atoms with Crippen LogP contribution in [0.15, 0.2) is 24.3 Å². The smallest absolute Gasteiger partial charge is 0.271 e. The number of anilines is 4. The van der Waals surface area contributed by atoms with E-state index >= 15 is 0 Å². The molecule has 8 rings (SSSR count). The molecule has 5 fully saturated rings. The summed E-state index contributed by atoms with van der Waals surface area (Å²) in [5.41, 5.74) is 11.7. The van der Waals surface area contributed by atoms with Gasteiger partial charge in [0.15, 0.2) is 17.3 Å². The molecule has 5 N–H and O–H groups in total. The maximum atomic E-state index is 12.8. The zero-order valence-electron chi connectivity index (χ0n) is 27.7. The Morgan fingerprint density at radius 3 is 2.47 bits per heavy atom. The van der Waals surface area contributed by atoms with Crippen molar-refractivity contribution in [2.24, 2.45) is 5.73 Å². The first-order valence-corrected chi connectivity index (χ1v) is 17.6. The van der Waals surface area contributed by atoms with Gasteiger partial charge in [0.25, 0.3) is 5.91 Å². The highest BCUT2D eigenvalue weighted by molar-refractivity contribution is 5.97. The fourth-order valence-corrected chi connectivity index (χ4v) is 7.78. The Kier molecular flexibility index (Phi) is 8.05. The third kappa shape index (κ3) is 6.55. The normalized spacial score (nSPS) is 23.6. The number of hydrogen-bond donors (Lipinski definition) is 4. The van der Waals surface area contributed by atoms with Crippen LogP contribution in [0, 0.1) is 6.92 Å². The zero-order chi connectivity index (χ0) is 32.1. The molecule has 5 aliphatic rings. The number of nitrogens with two attached hydrogens (primary N) is 1. The van der Waals surface area contributed by atoms with E-state index in [1.165, 1.54) is 63.1 Å². The third-order valence-corrected chi connectivity index (χ3v) is 10.9. The average Bonchev–Trinajstić information content (AvgIpc) is 4.01. The molecule has 250 valence electrons. The molecule has 12 nitrogen and oxygen atoms in total. The Labute approximate surface area is 276 Å². The van der Waals surface area contributed by atoms with Crippen molar-refractivity contribution in [1.82, 2.24) is 30.0 Å². The highest BCUT2D eigenvalue weighted by atomic mass is 16.5. The van der Waals surface area contributed by atoms with Gasteiger partial charge in [-0.1, -0.05) is 0 Å². The van der Waals surface area contributed by atoms with Crippen molar-refractivity contribution in [3.63, 3.8) is 0 Å². The van der Waals surface area contributed by atoms with Crippen molar-refractivity contribution in [1.29, 1.82) is 0 Å². The molecular weight excluding hydrogens is 592 g/mol. The Balaban J connectivity index is 1.05. The lowest BCUT2D eigenvalue weighted by atomic mass is 9.99. The second-order valence-corrected chi connectivity index (χ2v) is 14.5. The number of H-pyrrole nitrogens is 1. The molecule has 2 aromatic heterocycles. The number of hydrogen-bond acceptors (Lipinski definition) is 10. The molecule has 0 bridgehead atoms. The van der Waals surface area contributed by atoms with Gasteiger partial charge in [-0.05, 0) is 101 Å². The molecule has 1 unspecified atom stereocenters. The SMILES string of the molecule is Cc1cc(-c2nc(C(N)=O)c(Nc3ccc(N4CCC(N5CCN(C)CC5)CC4)c(C4CC4)c3)nc2NC2CCOC3(CC3)C2)n[nH]1. The Hall–Kier alpha value is -3.74. The van der Waals surface area contributed by atoms with Gasteiger partial charge in [0, 0.05) is 75.0 Å². The highest BCUT2D eigenvalue weighted by Gasteiger charge is 2.48. The van der Waals surface area contributed by atoms with E-state index in [2.05, 4.69) is 60.8 Å². The predicted octanol–water partition coefficient (Wildman–Crippen LogP) is 4.23. The number of benzene rings is 1. The molecule has 1 amide bonds. The number of ether oxygens (including phenoxy) is 1. The van der Waals surface area contributed by atoms with Crippen LogP contribution in [0.5, 0.6) is 0 Å². The minimum atomic E-state index is -0.634. The quantitative estimate of drug-likeness (QED) is 0.269. The zero-order valence-corrected chi connectivity index (χ0v) is 27.7. The van der Waals surface area contributed by atoms with E-state index in [4.69, 9.17) is 20.4 Å². The second kappa shape index (κ2) is 12.4. The largest absolute Gasteiger partial charge is 0.375 e. The van der Waals surface area contributed by atoms with Crippen LogP contribution >= 0.6 is 0 Å². The number of aromatic amines is 1. The fourth-order valence-electron chi connectivity index (χ4n) is 7.78. The molecule has 1 spiro atoms. The maximum absolute atomic E-state index is 12.8. The number of amides is 1. The number of carbonyl (C=O) groups excluding carboxylic acids is 1. The van der Waals surface area contributed by atoms with Gasteiger partial charge in [-0.2, -0.15) is 5.10 Å². The summed E-state index contributed by atoms with van der Waals surface area (Å²) in [5, 5.41) is 14.5. The van der Waals surface area contributed by atoms with E-state index in [9.17, 15) is 4.79 Å². The van der Waals surface area contributed by atoms with E-state index in [1.807, 2.05) is 13.0 Å². The van der Waals surface area contributed by atoms with Gasteiger partial charge in [0.05, 0.1) is 5.60 Å². The van der Waals surface area contributed by atoms with Crippen molar-refractivity contribution in [3.05, 3.63) is 41.2 Å². The van der Waals surface area contributed by atoms with E-state index in [0.717, 1.165) is 56.8 Å². The molecule has 2 saturated carbocycles. The summed E-state index contributed by atoms with van der Waals surface area (Å²) >= 11 is 0. The van der Waals surface area contributed by atoms with Gasteiger partial charge in [0.2, 0.25) is 0 Å². The molecule has 47 heavy (non-hydrogen) atoms. The number of primary amides is 1. The summed E-state index contributed by atoms with van der Waals surface area (Å²) in [6.45, 7) is 9.52. The van der Waals surface area contributed by atoms with Crippen molar-refractivity contribution >= 4 is 28.9 Å². The monoisotopic (exact) mass is 640 g/mol. The number of aryl methyl sites for hydroxylation is 1. The van der Waals surface area contributed by atoms with Crippen molar-refractivity contribution in [2.45, 2.75) is 81.9 Å². The predicted molar refractivity (Wildman–Crippen MR) is 183 cm³/mol. The Bertz CT molecular complexity index is 1620. The van der Waals surface area contributed by atoms with Crippen LogP contribution in [0.3, 0.4) is 0 Å². The highest BCUT2D eigenvalue weighted by Crippen LogP contribution is 2.48. The first kappa shape index (κ1) is 30.6. The number of rotatable bonds is 9. The third-order valence-electron chi connectivity index (χ3n) is 10.9. The lowest BCUT2D eigenvalue weighted by molar-refractivity contribution is -0.00884. The summed E-state index contributed by atoms with van der Waals surface area (Å²) in [6.07, 6.45) is 8.83. The van der Waals surface area contributed by atoms with Gasteiger partial charge in [-0.15, -0.1) is 0 Å². The van der Waals surface area contributed by atoms with Crippen LogP contribution in [0.4, 0.5) is 23.0 Å². The lowest BCUT2D eigenvalue weighted by Gasteiger charge is -2.43. The van der Waals surface area contributed by atoms with Crippen LogP contribution in [-0.2, 0) is 4.74 Å². The molecular formula is C35H48N10O2. The molecule has 3 aliphatic heterocycles. The van der Waals surface area contributed by atoms with Crippen LogP contribution in [-0.4, -0.2) is 106 Å². The van der Waals surface area contributed by atoms with Crippen LogP contribution < -0.4 is 21.3 Å². The minimum absolute atomic E-state index is 0.00146. The number of nitrogens with zero attached hydrogens (tertiary/aromatic N) is 6. The van der Waals surface area contributed by atoms with E-state index in [-0.39, 0.29) is 17.3 Å². The number of likely N-dealkylation sites (N-methyl/N-ethyl adjacent to an activating group) is 1. The topological polar surface area (TPSA) is 141 Å². The maximum Gasteiger partial charge on any atom is 0.271 e. The first-order valence-electron chi connectivity index (χ1n) is 17.6. The van der Waals surface area contributed by atoms with Crippen LogP contribution in [0.2, 0.25) is 0 Å². The summed E-state index contributed by atoms with van der Waals surface area (Å²) in [7, 11) is 2.22. The molecule has 1 atom stereocenters. The van der Waals surface area contributed by atoms with Gasteiger partial charge >= 0.3 is 0 Å². The number of piperidine rings is 1. The second-order valence-electron chi connectivity index (χ2n) is 14.5. The molecule has 3 saturated heterocycles. The number of carbonyl (C=O) groups is 1. The average molecular weight is 641 g/mol. The lowest BCUT2D eigenvalue weighted by Crippen LogP contribution is -2.52. The number of aromatic nitrogens is 4. The Morgan fingerprint density at radius 1 is 1.00 bits per heavy atom. The molecule has 1 aromatic carbocycles. The molecule has 3 aromatic rings. The summed E-state index contributed by atoms with van der Waals surface area (Å²) in [4.78, 5) is 30.3. The van der Waals surface area contributed by atoms with Crippen LogP contribution in [0.1, 0.15) is 79.0 Å². The van der Waals surface area contributed by atoms with Crippen LogP contribution in [0.25, 0.3) is 11.4 Å². The van der Waals surface area contributed by atoms with Gasteiger partial charge < -0.3 is 30.9 Å². The van der Waals surface area contributed by atoms with Gasteiger partial charge in [-0.3, -0.25) is 14.8 Å². The standard InChI is InChI=1S/C35H48N10O2/c1-22-19-28(42-41-22)30-33(38-25-9-18-47-35(21-25)10-11-35)40-34(31(39-30)32(36)46)37-24-5-6-29(27(20-24)23-3-4-23)45-12-7-26(8-13-45)44-16-14-43(2)15-17-44/h5-6,19-20,23,25-26H,3-4,7-18,21H2,1-2H3,(H2,36,46)(H,41,42)(H2,37,38,40). The molecule has 2 aliphatic carbocycles. The number of nitrogens with one attached hydrogen (secondary N) is 3. The van der Waals surface area contributed by atoms with Crippen molar-refractivity contribution in [3.8, 4) is 11.4 Å². The van der Waals surface area contributed by atoms with E-state index < -0.39 is 5.91 Å². The van der Waals surface area contributed by atoms with Gasteiger partial charge in [-0.25, -0.2) is 9.97 Å². The van der Waals surface area contributed by atoms with Gasteiger partial charge in [0.1, 0.15) is 11.4 Å². The fraction of sp³-hybridized carbons (Fsp3) is 0.600. The van der Waals surface area contributed by atoms with E-state index in [1.54, 1.807) is 0 Å². The summed E-state index contributed by atoms with van der Waals surface area (Å²) in [5.74, 6) is 0.875. The van der Waals surface area contributed by atoms with Crippen molar-refractivity contribution < 1.29 is 9.53 Å². The summed E-state index contributed by atoms with van der Waals surface area (Å²) < 4.78 is 6.07. The van der Waals surface area contributed by atoms with E-state index in [0.29, 0.717) is 35.0 Å². The van der Waals surface area contributed by atoms with Crippen molar-refractivity contribution in [2.75, 3.05) is 68.5 Å². The number of piperazine rings is 1. The minimum Gasteiger partial charge on any atom is -0.375 e. The Morgan fingerprint density at radius 2 is 1.79 bits per heavy atom. The first-order chi connectivity index (χ1) is 22.8.